The number of hydrogen-bond acceptors (Lipinski definition) is 3. The van der Waals surface area contributed by atoms with Gasteiger partial charge in [-0.3, -0.25) is 4.79 Å². The third-order valence-corrected chi connectivity index (χ3v) is 4.45. The molecule has 6 heteroatoms. The minimum Gasteiger partial charge on any atom is -0.497 e. The number of amides is 3. The summed E-state index contributed by atoms with van der Waals surface area (Å²) in [6.07, 6.45) is 1.49. The molecule has 1 saturated heterocycles. The van der Waals surface area contributed by atoms with E-state index in [4.69, 9.17) is 4.74 Å². The second kappa shape index (κ2) is 8.38. The zero-order valence-corrected chi connectivity index (χ0v) is 14.8. The maximum absolute atomic E-state index is 12.6. The third-order valence-electron chi connectivity index (χ3n) is 4.45. The summed E-state index contributed by atoms with van der Waals surface area (Å²) in [5.74, 6) is 0.550. The Morgan fingerprint density at radius 3 is 2.73 bits per heavy atom. The van der Waals surface area contributed by atoms with E-state index in [0.29, 0.717) is 30.9 Å². The van der Waals surface area contributed by atoms with Crippen LogP contribution in [0.15, 0.2) is 54.6 Å². The number of methoxy groups -OCH3 is 1. The normalized spacial score (nSPS) is 16.2. The summed E-state index contributed by atoms with van der Waals surface area (Å²) >= 11 is 0. The van der Waals surface area contributed by atoms with Crippen LogP contribution >= 0.6 is 0 Å². The molecule has 1 aliphatic heterocycles. The Labute approximate surface area is 153 Å². The zero-order valence-electron chi connectivity index (χ0n) is 14.8. The molecule has 3 rings (SSSR count). The maximum atomic E-state index is 12.6. The van der Waals surface area contributed by atoms with E-state index in [0.717, 1.165) is 12.0 Å². The number of carbonyl (C=O) groups excluding carboxylic acids is 2. The standard InChI is InChI=1S/C20H23N3O3/c1-26-17-10-5-9-16(13-17)22-20(25)23-12-6-11-18(23)19(24)21-14-15-7-3-2-4-8-15/h2-5,7-10,13,18H,6,11-12,14H2,1H3,(H,21,24)(H,22,25)/t18-/m0/s1. The number of likely N-dealkylation sites (tertiary alicyclic amines) is 1. The number of nitrogens with zero attached hydrogens (tertiary/aromatic N) is 1. The van der Waals surface area contributed by atoms with Crippen LogP contribution in [0.25, 0.3) is 0 Å². The first-order valence-electron chi connectivity index (χ1n) is 8.70. The fourth-order valence-corrected chi connectivity index (χ4v) is 3.08. The van der Waals surface area contributed by atoms with Gasteiger partial charge in [-0.15, -0.1) is 0 Å². The Morgan fingerprint density at radius 1 is 1.15 bits per heavy atom. The fraction of sp³-hybridized carbons (Fsp3) is 0.300. The minimum absolute atomic E-state index is 0.118. The van der Waals surface area contributed by atoms with Crippen molar-refractivity contribution in [1.29, 1.82) is 0 Å². The predicted molar refractivity (Wildman–Crippen MR) is 100 cm³/mol. The Balaban J connectivity index is 1.59. The van der Waals surface area contributed by atoms with Crippen LogP contribution in [-0.2, 0) is 11.3 Å². The van der Waals surface area contributed by atoms with Crippen LogP contribution in [0.3, 0.4) is 0 Å². The van der Waals surface area contributed by atoms with Crippen LogP contribution in [0.2, 0.25) is 0 Å². The average Bonchev–Trinajstić information content (AvgIpc) is 3.17. The molecule has 0 aromatic heterocycles. The number of hydrogen-bond donors (Lipinski definition) is 2. The number of benzene rings is 2. The molecule has 0 radical (unpaired) electrons. The summed E-state index contributed by atoms with van der Waals surface area (Å²) in [6.45, 7) is 1.03. The maximum Gasteiger partial charge on any atom is 0.322 e. The lowest BCUT2D eigenvalue weighted by atomic mass is 10.2. The van der Waals surface area contributed by atoms with Gasteiger partial charge in [-0.1, -0.05) is 36.4 Å². The molecule has 2 N–H and O–H groups in total. The lowest BCUT2D eigenvalue weighted by Crippen LogP contribution is -2.47. The highest BCUT2D eigenvalue weighted by molar-refractivity contribution is 5.94. The summed E-state index contributed by atoms with van der Waals surface area (Å²) in [7, 11) is 1.58. The van der Waals surface area contributed by atoms with Gasteiger partial charge in [0, 0.05) is 24.8 Å². The van der Waals surface area contributed by atoms with Crippen molar-refractivity contribution >= 4 is 17.6 Å². The fourth-order valence-electron chi connectivity index (χ4n) is 3.08. The first-order valence-corrected chi connectivity index (χ1v) is 8.70. The summed E-state index contributed by atoms with van der Waals surface area (Å²) in [4.78, 5) is 26.7. The molecule has 0 unspecified atom stereocenters. The molecule has 2 aromatic carbocycles. The summed E-state index contributed by atoms with van der Waals surface area (Å²) in [5, 5.41) is 5.77. The van der Waals surface area contributed by atoms with Crippen molar-refractivity contribution in [2.45, 2.75) is 25.4 Å². The second-order valence-electron chi connectivity index (χ2n) is 6.22. The van der Waals surface area contributed by atoms with Crippen molar-refractivity contribution in [2.75, 3.05) is 19.0 Å². The van der Waals surface area contributed by atoms with Gasteiger partial charge in [0.25, 0.3) is 0 Å². The number of nitrogens with one attached hydrogen (secondary N) is 2. The zero-order chi connectivity index (χ0) is 18.4. The van der Waals surface area contributed by atoms with Gasteiger partial charge in [0.15, 0.2) is 0 Å². The molecular weight excluding hydrogens is 330 g/mol. The van der Waals surface area contributed by atoms with Crippen LogP contribution in [-0.4, -0.2) is 36.5 Å². The van der Waals surface area contributed by atoms with Crippen LogP contribution in [0.4, 0.5) is 10.5 Å². The van der Waals surface area contributed by atoms with Gasteiger partial charge >= 0.3 is 6.03 Å². The summed E-state index contributed by atoms with van der Waals surface area (Å²) in [5.41, 5.74) is 1.68. The van der Waals surface area contributed by atoms with Crippen LogP contribution in [0.1, 0.15) is 18.4 Å². The van der Waals surface area contributed by atoms with E-state index >= 15 is 0 Å². The lowest BCUT2D eigenvalue weighted by Gasteiger charge is -2.24. The first-order chi connectivity index (χ1) is 12.7. The van der Waals surface area contributed by atoms with Crippen molar-refractivity contribution in [1.82, 2.24) is 10.2 Å². The summed E-state index contributed by atoms with van der Waals surface area (Å²) < 4.78 is 5.17. The highest BCUT2D eigenvalue weighted by Gasteiger charge is 2.34. The van der Waals surface area contributed by atoms with Crippen LogP contribution in [0, 0.1) is 0 Å². The molecule has 26 heavy (non-hydrogen) atoms. The predicted octanol–water partition coefficient (Wildman–Crippen LogP) is 3.01. The molecule has 6 nitrogen and oxygen atoms in total. The molecule has 0 bridgehead atoms. The molecule has 136 valence electrons. The SMILES string of the molecule is COc1cccc(NC(=O)N2CCC[C@H]2C(=O)NCc2ccccc2)c1. The molecule has 1 atom stereocenters. The largest absolute Gasteiger partial charge is 0.497 e. The highest BCUT2D eigenvalue weighted by atomic mass is 16.5. The molecule has 1 aliphatic rings. The van der Waals surface area contributed by atoms with E-state index < -0.39 is 6.04 Å². The van der Waals surface area contributed by atoms with Crippen molar-refractivity contribution in [3.8, 4) is 5.75 Å². The molecular formula is C20H23N3O3. The molecule has 2 aromatic rings. The first kappa shape index (κ1) is 17.8. The number of urea groups is 1. The van der Waals surface area contributed by atoms with E-state index in [9.17, 15) is 9.59 Å². The smallest absolute Gasteiger partial charge is 0.322 e. The Hall–Kier alpha value is -3.02. The molecule has 0 spiro atoms. The van der Waals surface area contributed by atoms with Crippen molar-refractivity contribution < 1.29 is 14.3 Å². The lowest BCUT2D eigenvalue weighted by molar-refractivity contribution is -0.124. The Bertz CT molecular complexity index is 764. The number of ether oxygens (including phenoxy) is 1. The van der Waals surface area contributed by atoms with Gasteiger partial charge in [-0.2, -0.15) is 0 Å². The topological polar surface area (TPSA) is 70.7 Å². The van der Waals surface area contributed by atoms with Gasteiger partial charge in [-0.25, -0.2) is 4.79 Å². The van der Waals surface area contributed by atoms with E-state index in [1.807, 2.05) is 42.5 Å². The Kier molecular flexibility index (Phi) is 5.73. The molecule has 0 saturated carbocycles. The van der Waals surface area contributed by atoms with Crippen LogP contribution in [0.5, 0.6) is 5.75 Å². The molecule has 0 aliphatic carbocycles. The van der Waals surface area contributed by atoms with Crippen LogP contribution < -0.4 is 15.4 Å². The van der Waals surface area contributed by atoms with Gasteiger partial charge < -0.3 is 20.3 Å². The van der Waals surface area contributed by atoms with Crippen molar-refractivity contribution in [3.63, 3.8) is 0 Å². The Morgan fingerprint density at radius 2 is 1.96 bits per heavy atom. The molecule has 3 amide bonds. The van der Waals surface area contributed by atoms with Crippen molar-refractivity contribution in [3.05, 3.63) is 60.2 Å². The van der Waals surface area contributed by atoms with E-state index in [-0.39, 0.29) is 11.9 Å². The average molecular weight is 353 g/mol. The monoisotopic (exact) mass is 353 g/mol. The van der Waals surface area contributed by atoms with Gasteiger partial charge in [0.05, 0.1) is 7.11 Å². The van der Waals surface area contributed by atoms with Gasteiger partial charge in [-0.05, 0) is 30.5 Å². The van der Waals surface area contributed by atoms with Gasteiger partial charge in [0.1, 0.15) is 11.8 Å². The van der Waals surface area contributed by atoms with E-state index in [2.05, 4.69) is 10.6 Å². The third kappa shape index (κ3) is 4.33. The number of anilines is 1. The number of carbonyl (C=O) groups is 2. The van der Waals surface area contributed by atoms with Gasteiger partial charge in [0.2, 0.25) is 5.91 Å². The highest BCUT2D eigenvalue weighted by Crippen LogP contribution is 2.21. The molecule has 1 fully saturated rings. The number of rotatable bonds is 5. The molecule has 1 heterocycles. The second-order valence-corrected chi connectivity index (χ2v) is 6.22. The quantitative estimate of drug-likeness (QED) is 0.868. The van der Waals surface area contributed by atoms with Crippen molar-refractivity contribution in [2.24, 2.45) is 0 Å². The van der Waals surface area contributed by atoms with E-state index in [1.165, 1.54) is 0 Å². The minimum atomic E-state index is -0.440. The summed E-state index contributed by atoms with van der Waals surface area (Å²) in [6, 6.07) is 16.2. The van der Waals surface area contributed by atoms with E-state index in [1.54, 1.807) is 24.1 Å².